The van der Waals surface area contributed by atoms with E-state index in [2.05, 4.69) is 45.2 Å². The van der Waals surface area contributed by atoms with Gasteiger partial charge >= 0.3 is 0 Å². The Morgan fingerprint density at radius 1 is 0.700 bits per heavy atom. The fraction of sp³-hybridized carbons (Fsp3) is 0.200. The van der Waals surface area contributed by atoms with E-state index < -0.39 is 0 Å². The highest BCUT2D eigenvalue weighted by atomic mass is 127. The second-order valence-corrected chi connectivity index (χ2v) is 6.22. The molecule has 0 N–H and O–H groups in total. The van der Waals surface area contributed by atoms with E-state index in [1.54, 1.807) is 21.3 Å². The largest absolute Gasteiger partial charge is 0.496 e. The Balaban J connectivity index is 2.81. The molecule has 106 valence electrons. The summed E-state index contributed by atoms with van der Waals surface area (Å²) >= 11 is 4.59. The van der Waals surface area contributed by atoms with Crippen molar-refractivity contribution in [2.24, 2.45) is 0 Å². The molecule has 2 rings (SSSR count). The van der Waals surface area contributed by atoms with Gasteiger partial charge in [0.25, 0.3) is 0 Å². The van der Waals surface area contributed by atoms with Crippen LogP contribution < -0.4 is 14.2 Å². The van der Waals surface area contributed by atoms with E-state index in [1.165, 1.54) is 0 Å². The number of hydrogen-bond donors (Lipinski definition) is 0. The van der Waals surface area contributed by atoms with Crippen LogP contribution in [-0.2, 0) is 0 Å². The molecule has 2 aromatic rings. The fourth-order valence-corrected chi connectivity index (χ4v) is 3.70. The maximum Gasteiger partial charge on any atom is 0.133 e. The zero-order valence-electron chi connectivity index (χ0n) is 11.4. The van der Waals surface area contributed by atoms with Crippen LogP contribution in [0.3, 0.4) is 0 Å². The Labute approximate surface area is 145 Å². The predicted octanol–water partition coefficient (Wildman–Crippen LogP) is 4.59. The third-order valence-electron chi connectivity index (χ3n) is 2.95. The Hall–Kier alpha value is -0.700. The summed E-state index contributed by atoms with van der Waals surface area (Å²) in [5.41, 5.74) is 2.02. The maximum absolute atomic E-state index is 5.52. The van der Waals surface area contributed by atoms with E-state index in [9.17, 15) is 0 Å². The molecule has 0 unspecified atom stereocenters. The van der Waals surface area contributed by atoms with Gasteiger partial charge in [-0.2, -0.15) is 0 Å². The highest BCUT2D eigenvalue weighted by Crippen LogP contribution is 2.44. The highest BCUT2D eigenvalue weighted by molar-refractivity contribution is 14.1. The van der Waals surface area contributed by atoms with Gasteiger partial charge in [0, 0.05) is 14.7 Å². The van der Waals surface area contributed by atoms with Crippen LogP contribution in [0, 0.1) is 7.14 Å². The van der Waals surface area contributed by atoms with Crippen LogP contribution in [0.15, 0.2) is 30.3 Å². The molecule has 0 saturated heterocycles. The van der Waals surface area contributed by atoms with Gasteiger partial charge in [0.2, 0.25) is 0 Å². The van der Waals surface area contributed by atoms with E-state index in [1.807, 2.05) is 30.3 Å². The van der Waals surface area contributed by atoms with E-state index in [-0.39, 0.29) is 0 Å². The predicted molar refractivity (Wildman–Crippen MR) is 97.0 cm³/mol. The molecule has 0 aliphatic carbocycles. The average molecular weight is 496 g/mol. The lowest BCUT2D eigenvalue weighted by atomic mass is 10.0. The first-order valence-electron chi connectivity index (χ1n) is 5.87. The van der Waals surface area contributed by atoms with Crippen LogP contribution in [0.5, 0.6) is 17.2 Å². The quantitative estimate of drug-likeness (QED) is 0.581. The van der Waals surface area contributed by atoms with Gasteiger partial charge in [0.1, 0.15) is 17.2 Å². The molecule has 0 saturated carbocycles. The minimum Gasteiger partial charge on any atom is -0.496 e. The molecule has 0 heterocycles. The topological polar surface area (TPSA) is 27.7 Å². The molecular formula is C15H14I2O3. The highest BCUT2D eigenvalue weighted by Gasteiger charge is 2.20. The number of benzene rings is 2. The SMILES string of the molecule is COc1ccc(OC)c(-c2c(I)cccc2OC)c1I. The van der Waals surface area contributed by atoms with E-state index in [4.69, 9.17) is 14.2 Å². The molecule has 2 aromatic carbocycles. The standard InChI is InChI=1S/C15H14I2O3/c1-18-10-6-4-5-9(16)13(10)14-11(19-2)7-8-12(20-3)15(14)17/h4-8H,1-3H3. The van der Waals surface area contributed by atoms with Crippen molar-refractivity contribution in [3.05, 3.63) is 37.5 Å². The van der Waals surface area contributed by atoms with Crippen LogP contribution >= 0.6 is 45.2 Å². The van der Waals surface area contributed by atoms with Crippen molar-refractivity contribution < 1.29 is 14.2 Å². The van der Waals surface area contributed by atoms with Gasteiger partial charge in [-0.1, -0.05) is 6.07 Å². The molecule has 0 aliphatic rings. The first-order valence-corrected chi connectivity index (χ1v) is 8.03. The average Bonchev–Trinajstić information content (AvgIpc) is 2.47. The van der Waals surface area contributed by atoms with Gasteiger partial charge in [-0.05, 0) is 69.4 Å². The van der Waals surface area contributed by atoms with Crippen molar-refractivity contribution in [1.29, 1.82) is 0 Å². The van der Waals surface area contributed by atoms with Crippen LogP contribution in [0.4, 0.5) is 0 Å². The minimum atomic E-state index is 0.803. The number of ether oxygens (including phenoxy) is 3. The summed E-state index contributed by atoms with van der Waals surface area (Å²) in [5.74, 6) is 2.45. The summed E-state index contributed by atoms with van der Waals surface area (Å²) in [6, 6.07) is 9.80. The second-order valence-electron chi connectivity index (χ2n) is 3.98. The zero-order valence-corrected chi connectivity index (χ0v) is 15.7. The zero-order chi connectivity index (χ0) is 14.7. The van der Waals surface area contributed by atoms with Crippen molar-refractivity contribution in [2.75, 3.05) is 21.3 Å². The smallest absolute Gasteiger partial charge is 0.133 e. The molecule has 0 radical (unpaired) electrons. The molecule has 0 aliphatic heterocycles. The molecule has 0 spiro atoms. The lowest BCUT2D eigenvalue weighted by molar-refractivity contribution is 0.400. The third-order valence-corrected chi connectivity index (χ3v) is 4.92. The lowest BCUT2D eigenvalue weighted by Gasteiger charge is -2.17. The summed E-state index contributed by atoms with van der Waals surface area (Å²) in [5, 5.41) is 0. The van der Waals surface area contributed by atoms with Crippen LogP contribution in [0.1, 0.15) is 0 Å². The third kappa shape index (κ3) is 2.83. The van der Waals surface area contributed by atoms with Crippen molar-refractivity contribution >= 4 is 45.2 Å². The molecule has 3 nitrogen and oxygen atoms in total. The molecule has 5 heteroatoms. The van der Waals surface area contributed by atoms with Crippen molar-refractivity contribution in [3.63, 3.8) is 0 Å². The summed E-state index contributed by atoms with van der Waals surface area (Å²) in [6.45, 7) is 0. The van der Waals surface area contributed by atoms with Crippen molar-refractivity contribution in [2.45, 2.75) is 0 Å². The van der Waals surface area contributed by atoms with Crippen LogP contribution in [-0.4, -0.2) is 21.3 Å². The van der Waals surface area contributed by atoms with Gasteiger partial charge in [0.15, 0.2) is 0 Å². The Morgan fingerprint density at radius 2 is 1.25 bits per heavy atom. The summed E-state index contributed by atoms with van der Waals surface area (Å²) in [4.78, 5) is 0. The molecule has 0 fully saturated rings. The van der Waals surface area contributed by atoms with Gasteiger partial charge < -0.3 is 14.2 Å². The molecule has 0 amide bonds. The van der Waals surface area contributed by atoms with Crippen molar-refractivity contribution in [3.8, 4) is 28.4 Å². The summed E-state index contributed by atoms with van der Waals surface area (Å²) in [7, 11) is 5.01. The maximum atomic E-state index is 5.52. The monoisotopic (exact) mass is 496 g/mol. The molecule has 0 atom stereocenters. The second kappa shape index (κ2) is 6.84. The first kappa shape index (κ1) is 15.7. The van der Waals surface area contributed by atoms with Gasteiger partial charge in [-0.15, -0.1) is 0 Å². The Morgan fingerprint density at radius 3 is 1.85 bits per heavy atom. The molecule has 0 bridgehead atoms. The van der Waals surface area contributed by atoms with Crippen LogP contribution in [0.25, 0.3) is 11.1 Å². The Bertz CT molecular complexity index is 627. The number of methoxy groups -OCH3 is 3. The van der Waals surface area contributed by atoms with Gasteiger partial charge in [-0.25, -0.2) is 0 Å². The lowest BCUT2D eigenvalue weighted by Crippen LogP contribution is -1.98. The number of rotatable bonds is 4. The molecular weight excluding hydrogens is 482 g/mol. The normalized spacial score (nSPS) is 10.2. The van der Waals surface area contributed by atoms with Crippen molar-refractivity contribution in [1.82, 2.24) is 0 Å². The number of halogens is 2. The summed E-state index contributed by atoms with van der Waals surface area (Å²) < 4.78 is 18.5. The van der Waals surface area contributed by atoms with E-state index >= 15 is 0 Å². The molecule has 20 heavy (non-hydrogen) atoms. The fourth-order valence-electron chi connectivity index (χ4n) is 2.02. The Kier molecular flexibility index (Phi) is 5.36. The number of hydrogen-bond acceptors (Lipinski definition) is 3. The van der Waals surface area contributed by atoms with Gasteiger partial charge in [-0.3, -0.25) is 0 Å². The minimum absolute atomic E-state index is 0.803. The summed E-state index contributed by atoms with van der Waals surface area (Å²) in [6.07, 6.45) is 0. The van der Waals surface area contributed by atoms with E-state index in [0.717, 1.165) is 35.5 Å². The first-order chi connectivity index (χ1) is 9.63. The van der Waals surface area contributed by atoms with Gasteiger partial charge in [0.05, 0.1) is 24.9 Å². The molecule has 0 aromatic heterocycles. The van der Waals surface area contributed by atoms with E-state index in [0.29, 0.717) is 0 Å². The van der Waals surface area contributed by atoms with Crippen LogP contribution in [0.2, 0.25) is 0 Å².